The molecule has 0 aromatic carbocycles. The molecular formula is C10H18N4O7S. The van der Waals surface area contributed by atoms with Gasteiger partial charge in [-0.3, -0.25) is 8.98 Å². The first-order valence-corrected chi connectivity index (χ1v) is 8.03. The Kier molecular flexibility index (Phi) is 6.53. The van der Waals surface area contributed by atoms with Crippen LogP contribution in [0.3, 0.4) is 0 Å². The van der Waals surface area contributed by atoms with Gasteiger partial charge in [-0.05, 0) is 5.53 Å². The van der Waals surface area contributed by atoms with Gasteiger partial charge in [-0.15, -0.1) is 0 Å². The molecule has 0 spiro atoms. The van der Waals surface area contributed by atoms with Gasteiger partial charge in [0.2, 0.25) is 5.91 Å². The largest absolute Gasteiger partial charge is 0.388 e. The number of methoxy groups -OCH3 is 1. The summed E-state index contributed by atoms with van der Waals surface area (Å²) in [5.74, 6) is -0.488. The zero-order valence-electron chi connectivity index (χ0n) is 12.2. The number of amides is 1. The maximum Gasteiger partial charge on any atom is 0.264 e. The van der Waals surface area contributed by atoms with Crippen LogP contribution in [-0.4, -0.2) is 70.0 Å². The van der Waals surface area contributed by atoms with Gasteiger partial charge < -0.3 is 19.9 Å². The third-order valence-corrected chi connectivity index (χ3v) is 3.46. The number of carbonyl (C=O) groups excluding carboxylic acids is 1. The molecule has 1 rings (SSSR count). The van der Waals surface area contributed by atoms with E-state index in [1.165, 1.54) is 14.0 Å². The van der Waals surface area contributed by atoms with Crippen molar-refractivity contribution in [2.75, 3.05) is 19.9 Å². The molecule has 1 amide bonds. The predicted octanol–water partition coefficient (Wildman–Crippen LogP) is -1.12. The Morgan fingerprint density at radius 1 is 1.55 bits per heavy atom. The minimum atomic E-state index is -3.93. The average Bonchev–Trinajstić information content (AvgIpc) is 2.40. The molecule has 0 aromatic heterocycles. The van der Waals surface area contributed by atoms with E-state index >= 15 is 0 Å². The molecule has 2 N–H and O–H groups in total. The quantitative estimate of drug-likeness (QED) is 0.268. The second-order valence-electron chi connectivity index (χ2n) is 4.67. The van der Waals surface area contributed by atoms with Crippen LogP contribution in [0, 0.1) is 0 Å². The summed E-state index contributed by atoms with van der Waals surface area (Å²) in [7, 11) is -2.65. The lowest BCUT2D eigenvalue weighted by Crippen LogP contribution is -2.65. The maximum atomic E-state index is 11.4. The number of rotatable bonds is 6. The topological polar surface area (TPSA) is 160 Å². The van der Waals surface area contributed by atoms with E-state index < -0.39 is 46.7 Å². The van der Waals surface area contributed by atoms with Gasteiger partial charge >= 0.3 is 0 Å². The molecule has 0 bridgehead atoms. The Balaban J connectivity index is 3.11. The van der Waals surface area contributed by atoms with Crippen molar-refractivity contribution in [2.45, 2.75) is 37.6 Å². The van der Waals surface area contributed by atoms with E-state index in [9.17, 15) is 18.3 Å². The fourth-order valence-corrected chi connectivity index (χ4v) is 2.73. The molecule has 1 aliphatic heterocycles. The smallest absolute Gasteiger partial charge is 0.264 e. The highest BCUT2D eigenvalue weighted by Crippen LogP contribution is 2.25. The van der Waals surface area contributed by atoms with Crippen molar-refractivity contribution in [3.8, 4) is 0 Å². The molecule has 11 nitrogen and oxygen atoms in total. The molecule has 5 atom stereocenters. The van der Waals surface area contributed by atoms with Gasteiger partial charge in [-0.1, -0.05) is 5.11 Å². The van der Waals surface area contributed by atoms with Crippen LogP contribution in [0.15, 0.2) is 5.11 Å². The zero-order valence-corrected chi connectivity index (χ0v) is 13.1. The van der Waals surface area contributed by atoms with Gasteiger partial charge in [0, 0.05) is 18.9 Å². The van der Waals surface area contributed by atoms with Gasteiger partial charge in [-0.25, -0.2) is 0 Å². The van der Waals surface area contributed by atoms with Crippen LogP contribution in [0.4, 0.5) is 0 Å². The number of ether oxygens (including phenoxy) is 2. The summed E-state index contributed by atoms with van der Waals surface area (Å²) in [4.78, 5) is 13.8. The number of aliphatic hydroxyl groups is 1. The lowest BCUT2D eigenvalue weighted by molar-refractivity contribution is -0.248. The third-order valence-electron chi connectivity index (χ3n) is 2.89. The summed E-state index contributed by atoms with van der Waals surface area (Å²) in [5, 5.41) is 15.9. The van der Waals surface area contributed by atoms with Crippen molar-refractivity contribution >= 4 is 16.0 Å². The normalized spacial score (nSPS) is 32.1. The van der Waals surface area contributed by atoms with Crippen LogP contribution >= 0.6 is 0 Å². The van der Waals surface area contributed by atoms with Crippen molar-refractivity contribution in [3.63, 3.8) is 0 Å². The first-order chi connectivity index (χ1) is 10.2. The van der Waals surface area contributed by atoms with E-state index in [4.69, 9.17) is 19.2 Å². The molecule has 0 aromatic rings. The predicted molar refractivity (Wildman–Crippen MR) is 73.0 cm³/mol. The highest BCUT2D eigenvalue weighted by atomic mass is 32.2. The number of hydrogen-bond acceptors (Lipinski definition) is 8. The maximum absolute atomic E-state index is 11.4. The van der Waals surface area contributed by atoms with Gasteiger partial charge in [0.25, 0.3) is 10.1 Å². The molecule has 0 unspecified atom stereocenters. The van der Waals surface area contributed by atoms with Gasteiger partial charge in [-0.2, -0.15) is 8.42 Å². The third kappa shape index (κ3) is 5.09. The summed E-state index contributed by atoms with van der Waals surface area (Å²) >= 11 is 0. The first-order valence-electron chi connectivity index (χ1n) is 6.22. The molecule has 12 heteroatoms. The van der Waals surface area contributed by atoms with Crippen molar-refractivity contribution in [1.82, 2.24) is 5.32 Å². The number of hydrogen-bond donors (Lipinski definition) is 2. The second kappa shape index (κ2) is 7.72. The summed E-state index contributed by atoms with van der Waals surface area (Å²) in [5.41, 5.74) is 8.34. The molecule has 1 heterocycles. The van der Waals surface area contributed by atoms with E-state index in [-0.39, 0.29) is 6.54 Å². The second-order valence-corrected chi connectivity index (χ2v) is 6.27. The Hall–Kier alpha value is -1.43. The van der Waals surface area contributed by atoms with E-state index in [0.29, 0.717) is 0 Å². The summed E-state index contributed by atoms with van der Waals surface area (Å²) in [6.45, 7) is 0.955. The van der Waals surface area contributed by atoms with E-state index in [1.807, 2.05) is 0 Å². The molecule has 22 heavy (non-hydrogen) atoms. The number of azide groups is 1. The van der Waals surface area contributed by atoms with E-state index in [2.05, 4.69) is 15.3 Å². The monoisotopic (exact) mass is 338 g/mol. The fourth-order valence-electron chi connectivity index (χ4n) is 2.09. The first kappa shape index (κ1) is 18.6. The number of nitrogens with zero attached hydrogens (tertiary/aromatic N) is 3. The van der Waals surface area contributed by atoms with Gasteiger partial charge in [0.05, 0.1) is 18.9 Å². The fraction of sp³-hybridized carbons (Fsp3) is 0.900. The molecule has 0 aliphatic carbocycles. The van der Waals surface area contributed by atoms with Crippen LogP contribution in [-0.2, 0) is 28.6 Å². The van der Waals surface area contributed by atoms with Crippen LogP contribution in [0.25, 0.3) is 10.4 Å². The Morgan fingerprint density at radius 2 is 2.18 bits per heavy atom. The lowest BCUT2D eigenvalue weighted by Gasteiger charge is -2.43. The number of nitrogens with one attached hydrogen (secondary N) is 1. The minimum Gasteiger partial charge on any atom is -0.388 e. The standard InChI is InChI=1S/C10H18N4O7S/c1-5(15)13-7-9(21-22(3,17)18)8(16)6(4-12-14-11)20-10(7)19-2/h6-10,16H,4H2,1-3H3,(H,13,15)/t6-,7-,8-,9-,10-/m1/s1. The highest BCUT2D eigenvalue weighted by Gasteiger charge is 2.48. The van der Waals surface area contributed by atoms with Crippen molar-refractivity contribution in [3.05, 3.63) is 10.4 Å². The molecule has 1 saturated heterocycles. The van der Waals surface area contributed by atoms with Crippen LogP contribution in [0.5, 0.6) is 0 Å². The minimum absolute atomic E-state index is 0.256. The highest BCUT2D eigenvalue weighted by molar-refractivity contribution is 7.86. The summed E-state index contributed by atoms with van der Waals surface area (Å²) in [6.07, 6.45) is -4.12. The molecule has 126 valence electrons. The Bertz CT molecular complexity index is 547. The Labute approximate surface area is 127 Å². The van der Waals surface area contributed by atoms with Crippen molar-refractivity contribution in [2.24, 2.45) is 5.11 Å². The summed E-state index contributed by atoms with van der Waals surface area (Å²) < 4.78 is 38.1. The van der Waals surface area contributed by atoms with Crippen LogP contribution in [0.2, 0.25) is 0 Å². The molecule has 0 radical (unpaired) electrons. The van der Waals surface area contributed by atoms with E-state index in [0.717, 1.165) is 6.26 Å². The van der Waals surface area contributed by atoms with Gasteiger partial charge in [0.1, 0.15) is 18.2 Å². The average molecular weight is 338 g/mol. The van der Waals surface area contributed by atoms with Crippen LogP contribution < -0.4 is 5.32 Å². The molecular weight excluding hydrogens is 320 g/mol. The number of aliphatic hydroxyl groups excluding tert-OH is 1. The zero-order chi connectivity index (χ0) is 16.9. The summed E-state index contributed by atoms with van der Waals surface area (Å²) in [6, 6.07) is -1.06. The van der Waals surface area contributed by atoms with Gasteiger partial charge in [0.15, 0.2) is 6.29 Å². The van der Waals surface area contributed by atoms with E-state index in [1.54, 1.807) is 0 Å². The molecule has 1 fully saturated rings. The van der Waals surface area contributed by atoms with Crippen molar-refractivity contribution < 1.29 is 32.0 Å². The molecule has 1 aliphatic rings. The Morgan fingerprint density at radius 3 is 2.64 bits per heavy atom. The van der Waals surface area contributed by atoms with Crippen LogP contribution in [0.1, 0.15) is 6.92 Å². The lowest BCUT2D eigenvalue weighted by atomic mass is 9.96. The van der Waals surface area contributed by atoms with Crippen molar-refractivity contribution in [1.29, 1.82) is 0 Å². The number of carbonyl (C=O) groups is 1. The molecule has 0 saturated carbocycles. The SMILES string of the molecule is CO[C@@H]1O[C@H](CN=[N+]=[N-])[C@@H](O)[C@H](OS(C)(=O)=O)[C@H]1NC(C)=O.